The van der Waals surface area contributed by atoms with Crippen molar-refractivity contribution in [2.24, 2.45) is 0 Å². The lowest BCUT2D eigenvalue weighted by Crippen LogP contribution is -2.40. The van der Waals surface area contributed by atoms with Crippen LogP contribution in [0, 0.1) is 0 Å². The molecule has 0 spiro atoms. The predicted octanol–water partition coefficient (Wildman–Crippen LogP) is 4.31. The van der Waals surface area contributed by atoms with E-state index in [2.05, 4.69) is 10.6 Å². The van der Waals surface area contributed by atoms with Crippen molar-refractivity contribution < 1.29 is 19.1 Å². The van der Waals surface area contributed by atoms with E-state index in [4.69, 9.17) is 4.74 Å². The number of hydrogen-bond acceptors (Lipinski definition) is 4. The molecule has 0 fully saturated rings. The summed E-state index contributed by atoms with van der Waals surface area (Å²) in [5, 5.41) is 5.52. The Morgan fingerprint density at radius 2 is 1.60 bits per heavy atom. The number of unbranched alkanes of at least 4 members (excludes halogenated alkanes) is 1. The van der Waals surface area contributed by atoms with Gasteiger partial charge in [-0.05, 0) is 49.6 Å². The molecule has 0 heterocycles. The summed E-state index contributed by atoms with van der Waals surface area (Å²) in [5.74, 6) is -0.957. The molecule has 160 valence electrons. The molecule has 1 atom stereocenters. The number of carbonyl (C=O) groups is 3. The van der Waals surface area contributed by atoms with Gasteiger partial charge in [0.25, 0.3) is 5.91 Å². The lowest BCUT2D eigenvalue weighted by atomic mass is 9.79. The van der Waals surface area contributed by atoms with Crippen LogP contribution in [0.1, 0.15) is 66.3 Å². The van der Waals surface area contributed by atoms with Crippen molar-refractivity contribution in [2.75, 3.05) is 19.0 Å². The minimum absolute atomic E-state index is 0.0581. The molecule has 2 aromatic rings. The van der Waals surface area contributed by atoms with Crippen molar-refractivity contribution in [1.29, 1.82) is 0 Å². The lowest BCUT2D eigenvalue weighted by molar-refractivity contribution is -0.125. The fraction of sp³-hybridized carbons (Fsp3) is 0.375. The molecule has 2 N–H and O–H groups in total. The molecule has 0 aliphatic carbocycles. The Labute approximate surface area is 178 Å². The smallest absolute Gasteiger partial charge is 0.338 e. The third-order valence-corrected chi connectivity index (χ3v) is 5.34. The third-order valence-electron chi connectivity index (χ3n) is 5.34. The largest absolute Gasteiger partial charge is 0.462 e. The van der Waals surface area contributed by atoms with Crippen molar-refractivity contribution in [1.82, 2.24) is 5.32 Å². The topological polar surface area (TPSA) is 84.5 Å². The van der Waals surface area contributed by atoms with Crippen molar-refractivity contribution in [3.05, 3.63) is 65.2 Å². The van der Waals surface area contributed by atoms with Crippen molar-refractivity contribution in [3.63, 3.8) is 0 Å². The Hall–Kier alpha value is -3.15. The number of benzene rings is 2. The van der Waals surface area contributed by atoms with Gasteiger partial charge in [-0.3, -0.25) is 9.59 Å². The molecule has 0 aliphatic heterocycles. The highest BCUT2D eigenvalue weighted by molar-refractivity contribution is 6.11. The number of rotatable bonds is 9. The van der Waals surface area contributed by atoms with Gasteiger partial charge in [0.2, 0.25) is 5.91 Å². The van der Waals surface area contributed by atoms with Crippen LogP contribution in [0.2, 0.25) is 0 Å². The summed E-state index contributed by atoms with van der Waals surface area (Å²) in [5.41, 5.74) is 1.29. The van der Waals surface area contributed by atoms with Gasteiger partial charge >= 0.3 is 5.97 Å². The normalized spacial score (nSPS) is 12.5. The van der Waals surface area contributed by atoms with Crippen LogP contribution in [-0.2, 0) is 14.9 Å². The number of nitrogens with one attached hydrogen (secondary N) is 2. The van der Waals surface area contributed by atoms with Gasteiger partial charge in [-0.2, -0.15) is 0 Å². The summed E-state index contributed by atoms with van der Waals surface area (Å²) in [6.07, 6.45) is 2.34. The molecule has 0 aliphatic rings. The second kappa shape index (κ2) is 10.6. The zero-order chi connectivity index (χ0) is 22.1. The first-order chi connectivity index (χ1) is 14.4. The second-order valence-electron chi connectivity index (χ2n) is 7.33. The summed E-state index contributed by atoms with van der Waals surface area (Å²) in [7, 11) is 1.62. The van der Waals surface area contributed by atoms with Gasteiger partial charge < -0.3 is 15.4 Å². The van der Waals surface area contributed by atoms with Gasteiger partial charge in [0.15, 0.2) is 0 Å². The van der Waals surface area contributed by atoms with E-state index in [0.717, 1.165) is 18.4 Å². The number of likely N-dealkylation sites (N-methyl/N-ethyl adjacent to an activating group) is 1. The van der Waals surface area contributed by atoms with Crippen molar-refractivity contribution in [2.45, 2.75) is 45.4 Å². The Morgan fingerprint density at radius 3 is 2.17 bits per heavy atom. The maximum atomic E-state index is 12.8. The number of anilines is 1. The van der Waals surface area contributed by atoms with E-state index in [1.807, 2.05) is 32.9 Å². The summed E-state index contributed by atoms with van der Waals surface area (Å²) < 4.78 is 5.25. The first-order valence-corrected chi connectivity index (χ1v) is 10.3. The van der Waals surface area contributed by atoms with Crippen LogP contribution < -0.4 is 10.6 Å². The summed E-state index contributed by atoms with van der Waals surface area (Å²) >= 11 is 0. The molecule has 0 aromatic heterocycles. The van der Waals surface area contributed by atoms with E-state index in [1.165, 1.54) is 0 Å². The van der Waals surface area contributed by atoms with Gasteiger partial charge in [-0.15, -0.1) is 0 Å². The van der Waals surface area contributed by atoms with Crippen LogP contribution in [0.25, 0.3) is 0 Å². The summed E-state index contributed by atoms with van der Waals surface area (Å²) in [4.78, 5) is 37.4. The molecule has 0 saturated heterocycles. The zero-order valence-electron chi connectivity index (χ0n) is 18.1. The van der Waals surface area contributed by atoms with Gasteiger partial charge in [0.05, 0.1) is 23.1 Å². The van der Waals surface area contributed by atoms with Crippen molar-refractivity contribution >= 4 is 23.5 Å². The van der Waals surface area contributed by atoms with Gasteiger partial charge in [-0.1, -0.05) is 44.5 Å². The van der Waals surface area contributed by atoms with E-state index in [0.29, 0.717) is 18.7 Å². The van der Waals surface area contributed by atoms with E-state index >= 15 is 0 Å². The van der Waals surface area contributed by atoms with Gasteiger partial charge in [0.1, 0.15) is 0 Å². The van der Waals surface area contributed by atoms with E-state index in [-0.39, 0.29) is 17.0 Å². The van der Waals surface area contributed by atoms with Crippen LogP contribution in [0.15, 0.2) is 48.5 Å². The number of esters is 1. The molecule has 2 rings (SSSR count). The highest BCUT2D eigenvalue weighted by atomic mass is 16.5. The minimum Gasteiger partial charge on any atom is -0.462 e. The molecule has 0 bridgehead atoms. The Morgan fingerprint density at radius 1 is 0.967 bits per heavy atom. The summed E-state index contributed by atoms with van der Waals surface area (Å²) in [6.45, 7) is 6.19. The number of amides is 2. The van der Waals surface area contributed by atoms with Gasteiger partial charge in [0, 0.05) is 12.7 Å². The molecule has 6 nitrogen and oxygen atoms in total. The molecular formula is C24H30N2O4. The SMILES string of the molecule is CCCCOC(=O)c1ccccc1C(=O)Nc1ccc(C(C)(CC)C(=O)NC)cc1. The monoisotopic (exact) mass is 410 g/mol. The third kappa shape index (κ3) is 5.26. The maximum Gasteiger partial charge on any atom is 0.338 e. The fourth-order valence-electron chi connectivity index (χ4n) is 3.14. The first-order valence-electron chi connectivity index (χ1n) is 10.3. The standard InChI is InChI=1S/C24H30N2O4/c1-5-7-16-30-22(28)20-11-9-8-10-19(20)21(27)26-18-14-12-17(13-15-18)24(3,6-2)23(29)25-4/h8-15H,5-7,16H2,1-4H3,(H,25,29)(H,26,27). The van der Waals surface area contributed by atoms with Crippen LogP contribution in [0.5, 0.6) is 0 Å². The molecule has 30 heavy (non-hydrogen) atoms. The number of carbonyl (C=O) groups excluding carboxylic acids is 3. The molecule has 6 heteroatoms. The van der Waals surface area contributed by atoms with Crippen molar-refractivity contribution in [3.8, 4) is 0 Å². The predicted molar refractivity (Wildman–Crippen MR) is 118 cm³/mol. The molecule has 1 unspecified atom stereocenters. The molecule has 0 saturated carbocycles. The molecular weight excluding hydrogens is 380 g/mol. The summed E-state index contributed by atoms with van der Waals surface area (Å²) in [6, 6.07) is 13.8. The second-order valence-corrected chi connectivity index (χ2v) is 7.33. The van der Waals surface area contributed by atoms with Crippen LogP contribution >= 0.6 is 0 Å². The van der Waals surface area contributed by atoms with Crippen LogP contribution in [0.4, 0.5) is 5.69 Å². The molecule has 0 radical (unpaired) electrons. The maximum absolute atomic E-state index is 12.8. The highest BCUT2D eigenvalue weighted by Crippen LogP contribution is 2.29. The number of ether oxygens (including phenoxy) is 1. The van der Waals surface area contributed by atoms with Crippen LogP contribution in [0.3, 0.4) is 0 Å². The van der Waals surface area contributed by atoms with Crippen LogP contribution in [-0.4, -0.2) is 31.4 Å². The van der Waals surface area contributed by atoms with E-state index in [1.54, 1.807) is 43.4 Å². The Kier molecular flexibility index (Phi) is 8.16. The Balaban J connectivity index is 2.17. The average molecular weight is 411 g/mol. The Bertz CT molecular complexity index is 892. The van der Waals surface area contributed by atoms with Gasteiger partial charge in [-0.25, -0.2) is 4.79 Å². The van der Waals surface area contributed by atoms with E-state index < -0.39 is 17.3 Å². The minimum atomic E-state index is -0.647. The highest BCUT2D eigenvalue weighted by Gasteiger charge is 2.32. The average Bonchev–Trinajstić information content (AvgIpc) is 2.78. The zero-order valence-corrected chi connectivity index (χ0v) is 18.1. The first kappa shape index (κ1) is 23.1. The lowest BCUT2D eigenvalue weighted by Gasteiger charge is -2.27. The fourth-order valence-corrected chi connectivity index (χ4v) is 3.14. The quantitative estimate of drug-likeness (QED) is 0.477. The van der Waals surface area contributed by atoms with E-state index in [9.17, 15) is 14.4 Å². The molecule has 2 amide bonds. The number of hydrogen-bond donors (Lipinski definition) is 2. The molecule has 2 aromatic carbocycles.